The minimum absolute atomic E-state index is 0.0168. The predicted octanol–water partition coefficient (Wildman–Crippen LogP) is 5.61. The first-order chi connectivity index (χ1) is 12.0. The van der Waals surface area contributed by atoms with Crippen LogP contribution in [0.2, 0.25) is 10.0 Å². The molecule has 3 rings (SSSR count). The number of hydrogen-bond donors (Lipinski definition) is 1. The summed E-state index contributed by atoms with van der Waals surface area (Å²) in [5, 5.41) is 3.95. The van der Waals surface area contributed by atoms with Gasteiger partial charge in [-0.15, -0.1) is 0 Å². The molecule has 1 amide bonds. The summed E-state index contributed by atoms with van der Waals surface area (Å²) in [5.74, 6) is -0.0178. The van der Waals surface area contributed by atoms with Crippen LogP contribution >= 0.6 is 39.1 Å². The van der Waals surface area contributed by atoms with Gasteiger partial charge in [-0.1, -0.05) is 51.3 Å². The highest BCUT2D eigenvalue weighted by Gasteiger charge is 2.26. The van der Waals surface area contributed by atoms with Crippen LogP contribution in [0.4, 0.5) is 5.69 Å². The molecular weight excluding hydrogens is 423 g/mol. The lowest BCUT2D eigenvalue weighted by Crippen LogP contribution is -2.40. The van der Waals surface area contributed by atoms with Crippen molar-refractivity contribution in [2.24, 2.45) is 5.92 Å². The van der Waals surface area contributed by atoms with E-state index >= 15 is 0 Å². The number of carbonyl (C=O) groups excluding carboxylic acids is 1. The Morgan fingerprint density at radius 2 is 2.08 bits per heavy atom. The molecule has 132 valence electrons. The normalized spacial score (nSPS) is 18.1. The number of nitrogens with zero attached hydrogens (tertiary/aromatic N) is 1. The Bertz CT molecular complexity index is 769. The molecule has 25 heavy (non-hydrogen) atoms. The minimum Gasteiger partial charge on any atom is -0.324 e. The van der Waals surface area contributed by atoms with E-state index in [-0.39, 0.29) is 11.8 Å². The molecule has 1 N–H and O–H groups in total. The van der Waals surface area contributed by atoms with Crippen molar-refractivity contribution in [1.82, 2.24) is 4.90 Å². The van der Waals surface area contributed by atoms with Crippen molar-refractivity contribution in [3.63, 3.8) is 0 Å². The zero-order valence-corrected chi connectivity index (χ0v) is 16.7. The Hall–Kier alpha value is -1.07. The molecule has 0 spiro atoms. The van der Waals surface area contributed by atoms with E-state index < -0.39 is 0 Å². The second-order valence-electron chi connectivity index (χ2n) is 6.32. The van der Waals surface area contributed by atoms with Gasteiger partial charge in [-0.25, -0.2) is 0 Å². The van der Waals surface area contributed by atoms with Crippen LogP contribution in [0.25, 0.3) is 0 Å². The fraction of sp³-hybridized carbons (Fsp3) is 0.316. The quantitative estimate of drug-likeness (QED) is 0.668. The molecule has 1 saturated heterocycles. The van der Waals surface area contributed by atoms with Crippen molar-refractivity contribution in [3.05, 3.63) is 62.5 Å². The molecule has 1 aliphatic rings. The third-order valence-electron chi connectivity index (χ3n) is 4.36. The molecule has 6 heteroatoms. The monoisotopic (exact) mass is 440 g/mol. The Morgan fingerprint density at radius 3 is 2.84 bits per heavy atom. The van der Waals surface area contributed by atoms with Crippen LogP contribution in [0.5, 0.6) is 0 Å². The first-order valence-corrected chi connectivity index (χ1v) is 9.79. The molecule has 1 heterocycles. The SMILES string of the molecule is O=C(Nc1ccc(Cl)cc1Cl)C1CCCN(Cc2cccc(Br)c2)C1. The Morgan fingerprint density at radius 1 is 1.24 bits per heavy atom. The third-order valence-corrected chi connectivity index (χ3v) is 5.40. The number of halogens is 3. The van der Waals surface area contributed by atoms with Crippen LogP contribution in [0, 0.1) is 5.92 Å². The maximum atomic E-state index is 12.6. The molecule has 0 aromatic heterocycles. The maximum Gasteiger partial charge on any atom is 0.228 e. The fourth-order valence-corrected chi connectivity index (χ4v) is 4.03. The molecule has 1 atom stereocenters. The molecule has 1 fully saturated rings. The maximum absolute atomic E-state index is 12.6. The summed E-state index contributed by atoms with van der Waals surface area (Å²) in [6.07, 6.45) is 1.91. The number of hydrogen-bond acceptors (Lipinski definition) is 2. The van der Waals surface area contributed by atoms with Gasteiger partial charge >= 0.3 is 0 Å². The van der Waals surface area contributed by atoms with E-state index in [1.54, 1.807) is 18.2 Å². The van der Waals surface area contributed by atoms with Crippen LogP contribution in [0.1, 0.15) is 18.4 Å². The molecule has 0 saturated carbocycles. The number of carbonyl (C=O) groups is 1. The van der Waals surface area contributed by atoms with Crippen molar-refractivity contribution in [2.45, 2.75) is 19.4 Å². The zero-order valence-electron chi connectivity index (χ0n) is 13.6. The van der Waals surface area contributed by atoms with E-state index in [0.29, 0.717) is 15.7 Å². The van der Waals surface area contributed by atoms with Gasteiger partial charge in [0.25, 0.3) is 0 Å². The summed E-state index contributed by atoms with van der Waals surface area (Å²) < 4.78 is 1.08. The van der Waals surface area contributed by atoms with Crippen LogP contribution < -0.4 is 5.32 Å². The first kappa shape index (κ1) is 18.7. The van der Waals surface area contributed by atoms with Gasteiger partial charge in [0, 0.05) is 22.6 Å². The van der Waals surface area contributed by atoms with Crippen LogP contribution in [-0.4, -0.2) is 23.9 Å². The standard InChI is InChI=1S/C19H19BrCl2N2O/c20-15-5-1-3-13(9-15)11-24-8-2-4-14(12-24)19(25)23-18-7-6-16(21)10-17(18)22/h1,3,5-7,9-10,14H,2,4,8,11-12H2,(H,23,25). The second kappa shape index (κ2) is 8.54. The van der Waals surface area contributed by atoms with Gasteiger partial charge in [-0.05, 0) is 55.3 Å². The van der Waals surface area contributed by atoms with Crippen molar-refractivity contribution >= 4 is 50.7 Å². The summed E-state index contributed by atoms with van der Waals surface area (Å²) in [6.45, 7) is 2.62. The zero-order chi connectivity index (χ0) is 17.8. The lowest BCUT2D eigenvalue weighted by molar-refractivity contribution is -0.121. The molecular formula is C19H19BrCl2N2O. The highest BCUT2D eigenvalue weighted by Crippen LogP contribution is 2.27. The van der Waals surface area contributed by atoms with E-state index in [4.69, 9.17) is 23.2 Å². The van der Waals surface area contributed by atoms with Crippen LogP contribution in [-0.2, 0) is 11.3 Å². The second-order valence-corrected chi connectivity index (χ2v) is 8.08. The largest absolute Gasteiger partial charge is 0.324 e. The smallest absolute Gasteiger partial charge is 0.228 e. The Balaban J connectivity index is 1.61. The number of likely N-dealkylation sites (tertiary alicyclic amines) is 1. The molecule has 1 aliphatic heterocycles. The van der Waals surface area contributed by atoms with Gasteiger partial charge in [0.15, 0.2) is 0 Å². The number of nitrogens with one attached hydrogen (secondary N) is 1. The lowest BCUT2D eigenvalue weighted by atomic mass is 9.96. The summed E-state index contributed by atoms with van der Waals surface area (Å²) in [7, 11) is 0. The number of benzene rings is 2. The van der Waals surface area contributed by atoms with Gasteiger partial charge in [-0.2, -0.15) is 0 Å². The summed E-state index contributed by atoms with van der Waals surface area (Å²) >= 11 is 15.6. The van der Waals surface area contributed by atoms with Gasteiger partial charge in [0.1, 0.15) is 0 Å². The van der Waals surface area contributed by atoms with E-state index in [1.807, 2.05) is 12.1 Å². The molecule has 2 aromatic carbocycles. The number of anilines is 1. The van der Waals surface area contributed by atoms with Gasteiger partial charge < -0.3 is 5.32 Å². The molecule has 0 bridgehead atoms. The van der Waals surface area contributed by atoms with Gasteiger partial charge in [0.05, 0.1) is 16.6 Å². The van der Waals surface area contributed by atoms with Crippen molar-refractivity contribution < 1.29 is 4.79 Å². The van der Waals surface area contributed by atoms with E-state index in [0.717, 1.165) is 36.9 Å². The molecule has 0 aliphatic carbocycles. The van der Waals surface area contributed by atoms with Crippen molar-refractivity contribution in [2.75, 3.05) is 18.4 Å². The summed E-state index contributed by atoms with van der Waals surface area (Å²) in [4.78, 5) is 15.0. The predicted molar refractivity (Wildman–Crippen MR) is 107 cm³/mol. The van der Waals surface area contributed by atoms with Crippen LogP contribution in [0.3, 0.4) is 0 Å². The van der Waals surface area contributed by atoms with Gasteiger partial charge in [-0.3, -0.25) is 9.69 Å². The highest BCUT2D eigenvalue weighted by atomic mass is 79.9. The molecule has 3 nitrogen and oxygen atoms in total. The fourth-order valence-electron chi connectivity index (χ4n) is 3.13. The first-order valence-electron chi connectivity index (χ1n) is 8.24. The summed E-state index contributed by atoms with van der Waals surface area (Å²) in [6, 6.07) is 13.4. The molecule has 0 radical (unpaired) electrons. The van der Waals surface area contributed by atoms with Crippen molar-refractivity contribution in [1.29, 1.82) is 0 Å². The number of rotatable bonds is 4. The van der Waals surface area contributed by atoms with E-state index in [9.17, 15) is 4.79 Å². The van der Waals surface area contributed by atoms with Crippen LogP contribution in [0.15, 0.2) is 46.9 Å². The van der Waals surface area contributed by atoms with Crippen molar-refractivity contribution in [3.8, 4) is 0 Å². The van der Waals surface area contributed by atoms with E-state index in [2.05, 4.69) is 38.3 Å². The number of amides is 1. The third kappa shape index (κ3) is 5.20. The minimum atomic E-state index is -0.0346. The summed E-state index contributed by atoms with van der Waals surface area (Å²) in [5.41, 5.74) is 1.86. The average molecular weight is 442 g/mol. The van der Waals surface area contributed by atoms with E-state index in [1.165, 1.54) is 5.56 Å². The lowest BCUT2D eigenvalue weighted by Gasteiger charge is -2.32. The Kier molecular flexibility index (Phi) is 6.39. The molecule has 1 unspecified atom stereocenters. The molecule has 2 aromatic rings. The highest BCUT2D eigenvalue weighted by molar-refractivity contribution is 9.10. The average Bonchev–Trinajstić information content (AvgIpc) is 2.57. The van der Waals surface area contributed by atoms with Gasteiger partial charge in [0.2, 0.25) is 5.91 Å². The Labute approximate surface area is 166 Å². The number of piperidine rings is 1. The topological polar surface area (TPSA) is 32.3 Å².